The Morgan fingerprint density at radius 2 is 1.95 bits per heavy atom. The summed E-state index contributed by atoms with van der Waals surface area (Å²) in [7, 11) is 0. The summed E-state index contributed by atoms with van der Waals surface area (Å²) in [6.45, 7) is 5.33. The molecule has 2 aromatic rings. The minimum atomic E-state index is -0.203. The van der Waals surface area contributed by atoms with Gasteiger partial charge >= 0.3 is 25.0 Å². The normalized spacial score (nSPS) is 12.3. The minimum absolute atomic E-state index is 0.203. The largest absolute Gasteiger partial charge is 0.493 e. The molecule has 2 nitrogen and oxygen atoms in total. The lowest BCUT2D eigenvalue weighted by molar-refractivity contribution is -0.617. The van der Waals surface area contributed by atoms with Crippen LogP contribution in [0.3, 0.4) is 0 Å². The summed E-state index contributed by atoms with van der Waals surface area (Å²) in [4.78, 5) is 0. The van der Waals surface area contributed by atoms with Crippen LogP contribution in [0.15, 0.2) is 47.1 Å². The summed E-state index contributed by atoms with van der Waals surface area (Å²) >= 11 is -0.203. The lowest BCUT2D eigenvalue weighted by Crippen LogP contribution is -3.61. The highest BCUT2D eigenvalue weighted by molar-refractivity contribution is 5.20. The van der Waals surface area contributed by atoms with Gasteiger partial charge in [-0.2, -0.15) is 0 Å². The molecule has 0 aliphatic rings. The highest BCUT2D eigenvalue weighted by Crippen LogP contribution is 2.16. The predicted molar refractivity (Wildman–Crippen MR) is 81.3 cm³/mol. The van der Waals surface area contributed by atoms with Gasteiger partial charge in [0.1, 0.15) is 5.75 Å². The Balaban J connectivity index is 1.81. The molecule has 0 bridgehead atoms. The molecule has 21 heavy (non-hydrogen) atoms. The zero-order valence-electron chi connectivity index (χ0n) is 12.8. The third kappa shape index (κ3) is 5.73. The summed E-state index contributed by atoms with van der Waals surface area (Å²) in [5.41, 5.74) is 0. The average Bonchev–Trinajstić information content (AvgIpc) is 3.02. The quantitative estimate of drug-likeness (QED) is 0.602. The van der Waals surface area contributed by atoms with E-state index in [1.54, 1.807) is 6.26 Å². The Kier molecular flexibility index (Phi) is 7.13. The summed E-state index contributed by atoms with van der Waals surface area (Å²) < 4.78 is 13.8. The maximum absolute atomic E-state index is 5.94. The molecule has 0 aliphatic carbocycles. The second-order valence-electron chi connectivity index (χ2n) is 5.19. The molecule has 114 valence electrons. The Hall–Kier alpha value is -0.970. The Labute approximate surface area is 138 Å². The van der Waals surface area contributed by atoms with E-state index in [0.29, 0.717) is 5.92 Å². The Morgan fingerprint density at radius 3 is 2.57 bits per heavy atom. The first kappa shape index (κ1) is 16.4. The molecule has 0 saturated carbocycles. The molecule has 1 atom stereocenters. The van der Waals surface area contributed by atoms with Gasteiger partial charge < -0.3 is 9.15 Å². The molecule has 0 saturated heterocycles. The molecule has 1 aromatic heterocycles. The number of unbranched alkanes of at least 4 members (excludes halogenated alkanes) is 1. The molecule has 0 N–H and O–H groups in total. The maximum atomic E-state index is 5.94. The van der Waals surface area contributed by atoms with E-state index in [2.05, 4.69) is 44.2 Å². The van der Waals surface area contributed by atoms with Crippen LogP contribution < -0.4 is 25.9 Å². The number of ether oxygens (including phenoxy) is 1. The lowest BCUT2D eigenvalue weighted by atomic mass is 10.0. The van der Waals surface area contributed by atoms with Gasteiger partial charge in [0.2, 0.25) is 0 Å². The van der Waals surface area contributed by atoms with Crippen LogP contribution in [0.25, 0.3) is 0 Å². The van der Waals surface area contributed by atoms with Crippen LogP contribution in [-0.2, 0) is 0 Å². The second kappa shape index (κ2) is 9.13. The van der Waals surface area contributed by atoms with Crippen molar-refractivity contribution in [2.75, 3.05) is 6.61 Å². The molecule has 3 heteroatoms. The van der Waals surface area contributed by atoms with E-state index in [1.807, 2.05) is 6.07 Å². The van der Waals surface area contributed by atoms with Gasteiger partial charge in [0.25, 0.3) is 0 Å². The van der Waals surface area contributed by atoms with Crippen molar-refractivity contribution in [3.63, 3.8) is 0 Å². The highest BCUT2D eigenvalue weighted by atomic mass is 127. The van der Waals surface area contributed by atoms with Gasteiger partial charge in [0.05, 0.1) is 12.9 Å². The van der Waals surface area contributed by atoms with Crippen LogP contribution in [0.4, 0.5) is 0 Å². The predicted octanol–water partition coefficient (Wildman–Crippen LogP) is 2.00. The summed E-state index contributed by atoms with van der Waals surface area (Å²) in [6, 6.07) is 12.5. The number of hydrogen-bond donors (Lipinski definition) is 0. The first-order valence-electron chi connectivity index (χ1n) is 7.73. The van der Waals surface area contributed by atoms with Gasteiger partial charge in [-0.3, -0.25) is 0 Å². The van der Waals surface area contributed by atoms with Crippen LogP contribution >= 0.6 is 0 Å². The van der Waals surface area contributed by atoms with Crippen molar-refractivity contribution >= 4 is 0 Å². The molecule has 0 aliphatic heterocycles. The van der Waals surface area contributed by atoms with Crippen molar-refractivity contribution in [1.29, 1.82) is 0 Å². The van der Waals surface area contributed by atoms with Crippen LogP contribution in [0.2, 0.25) is 0 Å². The van der Waals surface area contributed by atoms with E-state index < -0.39 is 0 Å². The minimum Gasteiger partial charge on any atom is -0.493 e. The molecule has 0 spiro atoms. The maximum Gasteiger partial charge on any atom is 0.400 e. The average molecular weight is 399 g/mol. The number of rotatable bonds is 9. The molecule has 0 fully saturated rings. The fourth-order valence-electron chi connectivity index (χ4n) is 2.13. The van der Waals surface area contributed by atoms with E-state index in [9.17, 15) is 0 Å². The van der Waals surface area contributed by atoms with Gasteiger partial charge in [-0.05, 0) is 42.7 Å². The van der Waals surface area contributed by atoms with Crippen molar-refractivity contribution in [1.82, 2.24) is 0 Å². The molecule has 1 aromatic carbocycles. The van der Waals surface area contributed by atoms with Crippen LogP contribution in [0.1, 0.15) is 39.5 Å². The standard InChI is InChI=1S/C18H24IO2/c1-3-5-7-15(4-2)14-21-17-11-9-16(10-12-17)19-18-8-6-13-20-18/h6,8-13,15H,3-5,7,14H2,1-2H3/q+1. The first-order valence-corrected chi connectivity index (χ1v) is 9.88. The van der Waals surface area contributed by atoms with Crippen LogP contribution in [0.5, 0.6) is 5.75 Å². The van der Waals surface area contributed by atoms with E-state index in [-0.39, 0.29) is 21.2 Å². The SMILES string of the molecule is CCCCC(CC)COc1ccc([I+]c2ccco2)cc1. The van der Waals surface area contributed by atoms with Gasteiger partial charge in [-0.1, -0.05) is 33.1 Å². The highest BCUT2D eigenvalue weighted by Gasteiger charge is 2.18. The molecule has 2 rings (SSSR count). The van der Waals surface area contributed by atoms with E-state index in [1.165, 1.54) is 29.3 Å². The summed E-state index contributed by atoms with van der Waals surface area (Å²) in [6.07, 6.45) is 6.78. The van der Waals surface area contributed by atoms with E-state index in [4.69, 9.17) is 9.15 Å². The third-order valence-electron chi connectivity index (χ3n) is 3.53. The zero-order chi connectivity index (χ0) is 14.9. The molecular weight excluding hydrogens is 375 g/mol. The van der Waals surface area contributed by atoms with Gasteiger partial charge in [-0.15, -0.1) is 0 Å². The lowest BCUT2D eigenvalue weighted by Gasteiger charge is -2.15. The molecule has 1 heterocycles. The van der Waals surface area contributed by atoms with Crippen molar-refractivity contribution in [3.8, 4) is 5.75 Å². The van der Waals surface area contributed by atoms with Crippen LogP contribution in [-0.4, -0.2) is 6.61 Å². The number of benzene rings is 1. The second-order valence-corrected chi connectivity index (χ2v) is 8.04. The smallest absolute Gasteiger partial charge is 0.400 e. The van der Waals surface area contributed by atoms with E-state index in [0.717, 1.165) is 16.1 Å². The Bertz CT molecular complexity index is 490. The fraction of sp³-hybridized carbons (Fsp3) is 0.444. The van der Waals surface area contributed by atoms with Gasteiger partial charge in [-0.25, -0.2) is 0 Å². The summed E-state index contributed by atoms with van der Waals surface area (Å²) in [5.74, 6) is 1.66. The molecular formula is C18H24IO2+. The Morgan fingerprint density at radius 1 is 1.14 bits per heavy atom. The number of hydrogen-bond acceptors (Lipinski definition) is 2. The monoisotopic (exact) mass is 399 g/mol. The molecule has 0 amide bonds. The van der Waals surface area contributed by atoms with Crippen LogP contribution in [0, 0.1) is 13.3 Å². The van der Waals surface area contributed by atoms with Crippen molar-refractivity contribution in [2.45, 2.75) is 39.5 Å². The van der Waals surface area contributed by atoms with Gasteiger partial charge in [0.15, 0.2) is 3.57 Å². The third-order valence-corrected chi connectivity index (χ3v) is 6.02. The van der Waals surface area contributed by atoms with Crippen molar-refractivity contribution in [3.05, 3.63) is 50.0 Å². The molecule has 1 unspecified atom stereocenters. The number of halogens is 1. The van der Waals surface area contributed by atoms with E-state index >= 15 is 0 Å². The fourth-order valence-corrected chi connectivity index (χ4v) is 4.12. The zero-order valence-corrected chi connectivity index (χ0v) is 15.0. The topological polar surface area (TPSA) is 22.4 Å². The first-order chi connectivity index (χ1) is 10.3. The van der Waals surface area contributed by atoms with Gasteiger partial charge in [0, 0.05) is 6.07 Å². The van der Waals surface area contributed by atoms with Crippen molar-refractivity contribution < 1.29 is 30.4 Å². The van der Waals surface area contributed by atoms with Crippen molar-refractivity contribution in [2.24, 2.45) is 5.92 Å². The summed E-state index contributed by atoms with van der Waals surface area (Å²) in [5, 5.41) is 0. The molecule has 0 radical (unpaired) electrons. The number of furan rings is 1.